The van der Waals surface area contributed by atoms with Crippen LogP contribution in [-0.4, -0.2) is 43.1 Å². The third kappa shape index (κ3) is 4.71. The van der Waals surface area contributed by atoms with Crippen LogP contribution in [0.15, 0.2) is 53.4 Å². The summed E-state index contributed by atoms with van der Waals surface area (Å²) in [6, 6.07) is 10.7. The Balaban J connectivity index is 1.89. The van der Waals surface area contributed by atoms with Gasteiger partial charge in [-0.25, -0.2) is 17.6 Å². The highest BCUT2D eigenvalue weighted by atomic mass is 32.2. The van der Waals surface area contributed by atoms with Crippen LogP contribution in [-0.2, 0) is 21.3 Å². The van der Waals surface area contributed by atoms with Gasteiger partial charge in [0.25, 0.3) is 0 Å². The molecule has 1 fully saturated rings. The van der Waals surface area contributed by atoms with Crippen molar-refractivity contribution in [1.29, 1.82) is 0 Å². The Kier molecular flexibility index (Phi) is 5.88. The van der Waals surface area contributed by atoms with E-state index in [1.807, 2.05) is 0 Å². The van der Waals surface area contributed by atoms with Crippen molar-refractivity contribution >= 4 is 16.0 Å². The van der Waals surface area contributed by atoms with Crippen LogP contribution in [0.1, 0.15) is 28.8 Å². The average Bonchev–Trinajstić information content (AvgIpc) is 3.16. The highest BCUT2D eigenvalue weighted by molar-refractivity contribution is 7.89. The van der Waals surface area contributed by atoms with E-state index < -0.39 is 21.8 Å². The standard InChI is InChI=1S/C19H20FNO5S/c20-16-7-3-14(4-8-16)12-21(13-17-2-1-11-26-17)27(24,25)18-9-5-15(6-10-18)19(22)23/h3-10,17H,1-2,11-13H2,(H,22,23). The number of carboxylic acid groups (broad SMARTS) is 1. The topological polar surface area (TPSA) is 83.9 Å². The maximum atomic E-state index is 13.2. The van der Waals surface area contributed by atoms with Gasteiger partial charge >= 0.3 is 5.97 Å². The Morgan fingerprint density at radius 1 is 1.15 bits per heavy atom. The fraction of sp³-hybridized carbons (Fsp3) is 0.316. The first-order valence-electron chi connectivity index (χ1n) is 8.56. The summed E-state index contributed by atoms with van der Waals surface area (Å²) >= 11 is 0. The summed E-state index contributed by atoms with van der Waals surface area (Å²) in [6.45, 7) is 0.853. The number of carbonyl (C=O) groups is 1. The first-order valence-corrected chi connectivity index (χ1v) is 10.00. The summed E-state index contributed by atoms with van der Waals surface area (Å²) in [5.41, 5.74) is 0.665. The van der Waals surface area contributed by atoms with Gasteiger partial charge in [-0.1, -0.05) is 12.1 Å². The normalized spacial score (nSPS) is 17.3. The molecule has 0 radical (unpaired) electrons. The predicted molar refractivity (Wildman–Crippen MR) is 96.4 cm³/mol. The smallest absolute Gasteiger partial charge is 0.335 e. The van der Waals surface area contributed by atoms with Crippen LogP contribution < -0.4 is 0 Å². The van der Waals surface area contributed by atoms with E-state index in [4.69, 9.17) is 9.84 Å². The fourth-order valence-corrected chi connectivity index (χ4v) is 4.43. The quantitative estimate of drug-likeness (QED) is 0.782. The summed E-state index contributed by atoms with van der Waals surface area (Å²) < 4.78 is 46.3. The number of aromatic carboxylic acids is 1. The summed E-state index contributed by atoms with van der Waals surface area (Å²) in [6.07, 6.45) is 1.45. The zero-order chi connectivity index (χ0) is 19.4. The van der Waals surface area contributed by atoms with Gasteiger partial charge in [0, 0.05) is 19.7 Å². The van der Waals surface area contributed by atoms with Crippen molar-refractivity contribution in [3.8, 4) is 0 Å². The number of sulfonamides is 1. The molecule has 1 heterocycles. The number of hydrogen-bond donors (Lipinski definition) is 1. The zero-order valence-corrected chi connectivity index (χ0v) is 15.4. The number of benzene rings is 2. The average molecular weight is 393 g/mol. The lowest BCUT2D eigenvalue weighted by molar-refractivity contribution is 0.0696. The van der Waals surface area contributed by atoms with Crippen LogP contribution in [0.4, 0.5) is 4.39 Å². The van der Waals surface area contributed by atoms with Gasteiger partial charge in [0.2, 0.25) is 10.0 Å². The van der Waals surface area contributed by atoms with Crippen molar-refractivity contribution in [3.05, 3.63) is 65.5 Å². The first kappa shape index (κ1) is 19.5. The monoisotopic (exact) mass is 393 g/mol. The second-order valence-corrected chi connectivity index (χ2v) is 8.33. The van der Waals surface area contributed by atoms with Crippen LogP contribution in [0.25, 0.3) is 0 Å². The van der Waals surface area contributed by atoms with Gasteiger partial charge in [0.05, 0.1) is 16.6 Å². The zero-order valence-electron chi connectivity index (χ0n) is 14.5. The van der Waals surface area contributed by atoms with Crippen LogP contribution in [0.3, 0.4) is 0 Å². The number of halogens is 1. The van der Waals surface area contributed by atoms with Crippen LogP contribution in [0.5, 0.6) is 0 Å². The van der Waals surface area contributed by atoms with Crippen molar-refractivity contribution in [2.24, 2.45) is 0 Å². The molecule has 3 rings (SSSR count). The summed E-state index contributed by atoms with van der Waals surface area (Å²) in [7, 11) is -3.87. The Morgan fingerprint density at radius 2 is 1.81 bits per heavy atom. The van der Waals surface area contributed by atoms with Gasteiger partial charge in [-0.05, 0) is 54.8 Å². The number of carboxylic acids is 1. The second kappa shape index (κ2) is 8.16. The van der Waals surface area contributed by atoms with Crippen molar-refractivity contribution in [3.63, 3.8) is 0 Å². The van der Waals surface area contributed by atoms with Crippen LogP contribution >= 0.6 is 0 Å². The van der Waals surface area contributed by atoms with Gasteiger partial charge in [0.15, 0.2) is 0 Å². The van der Waals surface area contributed by atoms with E-state index in [0.717, 1.165) is 12.8 Å². The van der Waals surface area contributed by atoms with E-state index in [1.54, 1.807) is 12.1 Å². The van der Waals surface area contributed by atoms with E-state index in [-0.39, 0.29) is 29.7 Å². The summed E-state index contributed by atoms with van der Waals surface area (Å²) in [5.74, 6) is -1.52. The molecule has 1 unspecified atom stereocenters. The lowest BCUT2D eigenvalue weighted by Gasteiger charge is -2.25. The fourth-order valence-electron chi connectivity index (χ4n) is 2.98. The number of hydrogen-bond acceptors (Lipinski definition) is 4. The Hall–Kier alpha value is -2.29. The molecule has 0 bridgehead atoms. The molecule has 27 heavy (non-hydrogen) atoms. The predicted octanol–water partition coefficient (Wildman–Crippen LogP) is 2.89. The Morgan fingerprint density at radius 3 is 2.37 bits per heavy atom. The minimum atomic E-state index is -3.87. The van der Waals surface area contributed by atoms with Gasteiger partial charge in [-0.3, -0.25) is 0 Å². The maximum Gasteiger partial charge on any atom is 0.335 e. The molecular weight excluding hydrogens is 373 g/mol. The summed E-state index contributed by atoms with van der Waals surface area (Å²) in [5, 5.41) is 8.99. The van der Waals surface area contributed by atoms with E-state index >= 15 is 0 Å². The van der Waals surface area contributed by atoms with Crippen molar-refractivity contribution in [2.75, 3.05) is 13.2 Å². The van der Waals surface area contributed by atoms with Crippen LogP contribution in [0.2, 0.25) is 0 Å². The van der Waals surface area contributed by atoms with E-state index in [1.165, 1.54) is 40.7 Å². The third-order valence-electron chi connectivity index (χ3n) is 4.44. The number of nitrogens with zero attached hydrogens (tertiary/aromatic N) is 1. The SMILES string of the molecule is O=C(O)c1ccc(S(=O)(=O)N(Cc2ccc(F)cc2)CC2CCCO2)cc1. The molecule has 1 aliphatic rings. The van der Waals surface area contributed by atoms with Gasteiger partial charge < -0.3 is 9.84 Å². The van der Waals surface area contributed by atoms with Crippen molar-refractivity contribution in [2.45, 2.75) is 30.4 Å². The largest absolute Gasteiger partial charge is 0.478 e. The van der Waals surface area contributed by atoms with E-state index in [2.05, 4.69) is 0 Å². The number of rotatable bonds is 7. The molecule has 1 N–H and O–H groups in total. The molecule has 6 nitrogen and oxygen atoms in total. The van der Waals surface area contributed by atoms with Crippen molar-refractivity contribution < 1.29 is 27.4 Å². The lowest BCUT2D eigenvalue weighted by atomic mass is 10.2. The van der Waals surface area contributed by atoms with Gasteiger partial charge in [-0.2, -0.15) is 4.31 Å². The number of ether oxygens (including phenoxy) is 1. The highest BCUT2D eigenvalue weighted by Gasteiger charge is 2.29. The molecule has 0 amide bonds. The molecule has 0 aliphatic carbocycles. The van der Waals surface area contributed by atoms with Gasteiger partial charge in [-0.15, -0.1) is 0 Å². The molecule has 2 aromatic rings. The molecule has 144 valence electrons. The molecule has 0 spiro atoms. The Bertz CT molecular complexity index is 891. The lowest BCUT2D eigenvalue weighted by Crippen LogP contribution is -2.37. The Labute approximate surface area is 157 Å². The minimum absolute atomic E-state index is 0.00705. The third-order valence-corrected chi connectivity index (χ3v) is 6.27. The van der Waals surface area contributed by atoms with E-state index in [0.29, 0.717) is 12.2 Å². The van der Waals surface area contributed by atoms with Gasteiger partial charge in [0.1, 0.15) is 5.82 Å². The molecule has 1 atom stereocenters. The molecule has 1 aliphatic heterocycles. The minimum Gasteiger partial charge on any atom is -0.478 e. The second-order valence-electron chi connectivity index (χ2n) is 6.39. The first-order chi connectivity index (χ1) is 12.9. The molecular formula is C19H20FNO5S. The molecule has 1 saturated heterocycles. The van der Waals surface area contributed by atoms with E-state index in [9.17, 15) is 17.6 Å². The summed E-state index contributed by atoms with van der Waals surface area (Å²) in [4.78, 5) is 11.0. The highest BCUT2D eigenvalue weighted by Crippen LogP contribution is 2.23. The maximum absolute atomic E-state index is 13.2. The molecule has 0 saturated carbocycles. The molecule has 2 aromatic carbocycles. The van der Waals surface area contributed by atoms with Crippen LogP contribution in [0, 0.1) is 5.82 Å². The molecule has 0 aromatic heterocycles. The molecule has 8 heteroatoms. The van der Waals surface area contributed by atoms with Crippen molar-refractivity contribution in [1.82, 2.24) is 4.31 Å².